The predicted molar refractivity (Wildman–Crippen MR) is 116 cm³/mol. The molecule has 0 amide bonds. The van der Waals surface area contributed by atoms with Crippen LogP contribution in [0.15, 0.2) is 11.6 Å². The summed E-state index contributed by atoms with van der Waals surface area (Å²) in [6.07, 6.45) is 16.3. The molecule has 4 nitrogen and oxygen atoms in total. The molecule has 0 aromatic heterocycles. The van der Waals surface area contributed by atoms with E-state index in [0.717, 1.165) is 38.5 Å². The van der Waals surface area contributed by atoms with Gasteiger partial charge in [-0.15, -0.1) is 0 Å². The molecule has 30 heavy (non-hydrogen) atoms. The summed E-state index contributed by atoms with van der Waals surface area (Å²) < 4.78 is 12.9. The summed E-state index contributed by atoms with van der Waals surface area (Å²) in [5.41, 5.74) is 1.35. The van der Waals surface area contributed by atoms with E-state index >= 15 is 0 Å². The van der Waals surface area contributed by atoms with Crippen molar-refractivity contribution in [3.05, 3.63) is 11.6 Å². The number of aliphatic hydroxyl groups excluding tert-OH is 1. The minimum Gasteiger partial charge on any atom is -0.395 e. The Morgan fingerprint density at radius 2 is 1.80 bits per heavy atom. The number of aliphatic hydroxyl groups is 1. The second kappa shape index (κ2) is 7.71. The van der Waals surface area contributed by atoms with Crippen molar-refractivity contribution in [2.24, 2.45) is 28.6 Å². The van der Waals surface area contributed by atoms with Crippen molar-refractivity contribution in [1.29, 1.82) is 0 Å². The van der Waals surface area contributed by atoms with Gasteiger partial charge in [-0.1, -0.05) is 18.9 Å². The van der Waals surface area contributed by atoms with E-state index in [1.807, 2.05) is 13.2 Å². The van der Waals surface area contributed by atoms with E-state index < -0.39 is 0 Å². The van der Waals surface area contributed by atoms with Crippen molar-refractivity contribution >= 4 is 5.78 Å². The van der Waals surface area contributed by atoms with E-state index in [-0.39, 0.29) is 35.1 Å². The molecule has 5 aliphatic rings. The maximum Gasteiger partial charge on any atom is 0.168 e. The topological polar surface area (TPSA) is 55.8 Å². The third-order valence-electron chi connectivity index (χ3n) is 10.2. The average molecular weight is 417 g/mol. The first-order valence-corrected chi connectivity index (χ1v) is 12.5. The number of ether oxygens (including phenoxy) is 2. The van der Waals surface area contributed by atoms with Gasteiger partial charge in [0.15, 0.2) is 11.6 Å². The van der Waals surface area contributed by atoms with Gasteiger partial charge in [-0.25, -0.2) is 0 Å². The van der Waals surface area contributed by atoms with Crippen molar-refractivity contribution in [3.63, 3.8) is 0 Å². The van der Waals surface area contributed by atoms with Gasteiger partial charge in [0.05, 0.1) is 12.7 Å². The molecule has 4 fully saturated rings. The molecule has 0 aromatic carbocycles. The van der Waals surface area contributed by atoms with Gasteiger partial charge in [-0.05, 0) is 87.0 Å². The number of ketones is 1. The quantitative estimate of drug-likeness (QED) is 0.641. The summed E-state index contributed by atoms with van der Waals surface area (Å²) in [5, 5.41) is 10.5. The van der Waals surface area contributed by atoms with Crippen LogP contribution in [0.2, 0.25) is 0 Å². The monoisotopic (exact) mass is 416 g/mol. The predicted octanol–water partition coefficient (Wildman–Crippen LogP) is 5.18. The van der Waals surface area contributed by atoms with Crippen LogP contribution >= 0.6 is 0 Å². The summed E-state index contributed by atoms with van der Waals surface area (Å²) in [6.45, 7) is 2.70. The lowest BCUT2D eigenvalue weighted by molar-refractivity contribution is -0.280. The zero-order chi connectivity index (χ0) is 21.0. The van der Waals surface area contributed by atoms with Gasteiger partial charge >= 0.3 is 0 Å². The van der Waals surface area contributed by atoms with Gasteiger partial charge in [0.2, 0.25) is 0 Å². The standard InChI is InChI=1S/C26H40O4/c1-24-14-11-22-20(7-6-18-16-19(28)10-15-25(18,22)17-27)21(24)8-9-23(24)30-26(29-2)12-4-3-5-13-26/h16,20-23,27H,3-15,17H2,1-2H3/t20-,21-,22+,23?,24-,25+/m0/s1. The molecule has 5 rings (SSSR count). The lowest BCUT2D eigenvalue weighted by Gasteiger charge is -2.58. The third kappa shape index (κ3) is 3.08. The Kier molecular flexibility index (Phi) is 5.43. The highest BCUT2D eigenvalue weighted by Gasteiger charge is 2.61. The van der Waals surface area contributed by atoms with Crippen LogP contribution in [0.3, 0.4) is 0 Å². The molecule has 4 heteroatoms. The van der Waals surface area contributed by atoms with Gasteiger partial charge in [-0.2, -0.15) is 0 Å². The molecular weight excluding hydrogens is 376 g/mol. The van der Waals surface area contributed by atoms with Crippen LogP contribution in [0.4, 0.5) is 0 Å². The van der Waals surface area contributed by atoms with Crippen molar-refractivity contribution in [1.82, 2.24) is 0 Å². The molecule has 0 aliphatic heterocycles. The van der Waals surface area contributed by atoms with E-state index in [2.05, 4.69) is 6.92 Å². The smallest absolute Gasteiger partial charge is 0.168 e. The minimum atomic E-state index is -0.365. The Balaban J connectivity index is 1.39. The Morgan fingerprint density at radius 1 is 1.00 bits per heavy atom. The van der Waals surface area contributed by atoms with E-state index in [1.165, 1.54) is 44.1 Å². The molecule has 0 bridgehead atoms. The second-order valence-electron chi connectivity index (χ2n) is 11.3. The van der Waals surface area contributed by atoms with Crippen molar-refractivity contribution < 1.29 is 19.4 Å². The first-order valence-electron chi connectivity index (χ1n) is 12.5. The molecular formula is C26H40O4. The molecule has 1 N–H and O–H groups in total. The van der Waals surface area contributed by atoms with E-state index in [4.69, 9.17) is 9.47 Å². The molecule has 5 aliphatic carbocycles. The van der Waals surface area contributed by atoms with Crippen LogP contribution < -0.4 is 0 Å². The number of rotatable bonds is 4. The zero-order valence-corrected chi connectivity index (χ0v) is 19.0. The van der Waals surface area contributed by atoms with Crippen molar-refractivity contribution in [2.75, 3.05) is 13.7 Å². The van der Waals surface area contributed by atoms with E-state index in [1.54, 1.807) is 0 Å². The largest absolute Gasteiger partial charge is 0.395 e. The summed E-state index contributed by atoms with van der Waals surface area (Å²) in [6, 6.07) is 0. The van der Waals surface area contributed by atoms with Crippen molar-refractivity contribution in [3.8, 4) is 0 Å². The fourth-order valence-electron chi connectivity index (χ4n) is 8.52. The molecule has 1 unspecified atom stereocenters. The Morgan fingerprint density at radius 3 is 2.53 bits per heavy atom. The minimum absolute atomic E-state index is 0.131. The fraction of sp³-hybridized carbons (Fsp3) is 0.885. The maximum absolute atomic E-state index is 12.1. The number of carbonyl (C=O) groups is 1. The number of hydrogen-bond acceptors (Lipinski definition) is 4. The van der Waals surface area contributed by atoms with Crippen LogP contribution in [-0.2, 0) is 14.3 Å². The van der Waals surface area contributed by atoms with Crippen LogP contribution in [0.5, 0.6) is 0 Å². The lowest BCUT2D eigenvalue weighted by Crippen LogP contribution is -2.54. The summed E-state index contributed by atoms with van der Waals surface area (Å²) in [5.74, 6) is 1.75. The zero-order valence-electron chi connectivity index (χ0n) is 19.0. The molecule has 0 radical (unpaired) electrons. The molecule has 4 saturated carbocycles. The van der Waals surface area contributed by atoms with Crippen LogP contribution in [0.1, 0.15) is 90.4 Å². The highest BCUT2D eigenvalue weighted by Crippen LogP contribution is 2.66. The summed E-state index contributed by atoms with van der Waals surface area (Å²) in [7, 11) is 1.83. The van der Waals surface area contributed by atoms with Gasteiger partial charge in [0.1, 0.15) is 0 Å². The Labute approximate surface area is 181 Å². The Bertz CT molecular complexity index is 708. The highest BCUT2D eigenvalue weighted by atomic mass is 16.7. The number of fused-ring (bicyclic) bond motifs is 5. The highest BCUT2D eigenvalue weighted by molar-refractivity contribution is 5.91. The molecule has 6 atom stereocenters. The number of hydrogen-bond donors (Lipinski definition) is 1. The average Bonchev–Trinajstić information content (AvgIpc) is 3.10. The maximum atomic E-state index is 12.1. The first-order chi connectivity index (χ1) is 14.5. The van der Waals surface area contributed by atoms with E-state index in [0.29, 0.717) is 24.2 Å². The molecule has 0 saturated heterocycles. The lowest BCUT2D eigenvalue weighted by atomic mass is 9.47. The number of methoxy groups -OCH3 is 1. The third-order valence-corrected chi connectivity index (χ3v) is 10.2. The van der Waals surface area contributed by atoms with Crippen molar-refractivity contribution in [2.45, 2.75) is 102 Å². The summed E-state index contributed by atoms with van der Waals surface area (Å²) >= 11 is 0. The van der Waals surface area contributed by atoms with Gasteiger partial charge in [0, 0.05) is 31.8 Å². The van der Waals surface area contributed by atoms with Crippen LogP contribution in [0, 0.1) is 28.6 Å². The fourth-order valence-corrected chi connectivity index (χ4v) is 8.52. The first kappa shape index (κ1) is 21.2. The molecule has 0 spiro atoms. The molecule has 0 aromatic rings. The SMILES string of the molecule is COC1(OC2CC[C@H]3[C@@H]4CCC5=CC(=O)CC[C@]5(CO)[C@@H]4CC[C@]23C)CCCCC1. The molecule has 0 heterocycles. The van der Waals surface area contributed by atoms with Crippen LogP contribution in [-0.4, -0.2) is 36.5 Å². The molecule has 168 valence electrons. The number of carbonyl (C=O) groups excluding carboxylic acids is 1. The Hall–Kier alpha value is -0.710. The normalized spacial score (nSPS) is 45.3. The summed E-state index contributed by atoms with van der Waals surface area (Å²) in [4.78, 5) is 12.1. The van der Waals surface area contributed by atoms with Gasteiger partial charge in [-0.3, -0.25) is 4.79 Å². The second-order valence-corrected chi connectivity index (χ2v) is 11.3. The van der Waals surface area contributed by atoms with Crippen LogP contribution in [0.25, 0.3) is 0 Å². The van der Waals surface area contributed by atoms with E-state index in [9.17, 15) is 9.90 Å². The van der Waals surface area contributed by atoms with Gasteiger partial charge in [0.25, 0.3) is 0 Å². The van der Waals surface area contributed by atoms with Gasteiger partial charge < -0.3 is 14.6 Å².